The molecule has 0 aliphatic carbocycles. The molecule has 0 aliphatic rings. The highest BCUT2D eigenvalue weighted by Gasteiger charge is 2.21. The molecule has 31 heavy (non-hydrogen) atoms. The van der Waals surface area contributed by atoms with E-state index >= 15 is 0 Å². The molecular weight excluding hydrogens is 396 g/mol. The Hall–Kier alpha value is -4.20. The zero-order valence-electron chi connectivity index (χ0n) is 17.2. The molecule has 8 nitrogen and oxygen atoms in total. The van der Waals surface area contributed by atoms with Crippen LogP contribution in [0.25, 0.3) is 22.4 Å². The summed E-state index contributed by atoms with van der Waals surface area (Å²) in [6.07, 6.45) is 1.53. The molecule has 0 radical (unpaired) electrons. The topological polar surface area (TPSA) is 117 Å². The van der Waals surface area contributed by atoms with E-state index in [0.29, 0.717) is 44.7 Å². The number of amides is 2. The van der Waals surface area contributed by atoms with Crippen LogP contribution in [0.15, 0.2) is 53.1 Å². The second kappa shape index (κ2) is 7.91. The van der Waals surface area contributed by atoms with Crippen molar-refractivity contribution in [1.29, 1.82) is 0 Å². The van der Waals surface area contributed by atoms with Gasteiger partial charge in [-0.1, -0.05) is 18.2 Å². The Morgan fingerprint density at radius 3 is 2.42 bits per heavy atom. The highest BCUT2D eigenvalue weighted by atomic mass is 16.3. The fourth-order valence-corrected chi connectivity index (χ4v) is 3.66. The van der Waals surface area contributed by atoms with Gasteiger partial charge in [0.25, 0.3) is 11.8 Å². The van der Waals surface area contributed by atoms with Crippen LogP contribution in [0.1, 0.15) is 49.4 Å². The van der Waals surface area contributed by atoms with E-state index in [2.05, 4.69) is 20.8 Å². The maximum Gasteiger partial charge on any atom is 0.286 e. The number of aryl methyl sites for hydroxylation is 1. The summed E-state index contributed by atoms with van der Waals surface area (Å²) in [7, 11) is 0. The minimum atomic E-state index is -0.550. The molecule has 0 fully saturated rings. The van der Waals surface area contributed by atoms with Crippen LogP contribution in [-0.2, 0) is 0 Å². The van der Waals surface area contributed by atoms with Gasteiger partial charge in [0.2, 0.25) is 0 Å². The maximum atomic E-state index is 12.9. The third-order valence-electron chi connectivity index (χ3n) is 5.04. The zero-order chi connectivity index (χ0) is 22.1. The number of furan rings is 1. The van der Waals surface area contributed by atoms with Crippen molar-refractivity contribution in [2.45, 2.75) is 20.8 Å². The van der Waals surface area contributed by atoms with E-state index in [-0.39, 0.29) is 11.5 Å². The SMILES string of the molecule is CC(=O)c1c(C)[nH]c(C(=O)NNC(=O)c2cc(-c3ccco3)nc3ccccc23)c1C. The number of pyridine rings is 1. The number of benzene rings is 1. The maximum absolute atomic E-state index is 12.9. The van der Waals surface area contributed by atoms with E-state index < -0.39 is 11.8 Å². The average molecular weight is 416 g/mol. The van der Waals surface area contributed by atoms with Crippen molar-refractivity contribution >= 4 is 28.5 Å². The fourth-order valence-electron chi connectivity index (χ4n) is 3.66. The van der Waals surface area contributed by atoms with Crippen molar-refractivity contribution in [3.63, 3.8) is 0 Å². The number of carbonyl (C=O) groups is 3. The van der Waals surface area contributed by atoms with Crippen molar-refractivity contribution in [2.75, 3.05) is 0 Å². The summed E-state index contributed by atoms with van der Waals surface area (Å²) in [5.74, 6) is -0.667. The fraction of sp³-hybridized carbons (Fsp3) is 0.130. The second-order valence-corrected chi connectivity index (χ2v) is 7.14. The number of hydrogen-bond donors (Lipinski definition) is 3. The smallest absolute Gasteiger partial charge is 0.286 e. The normalized spacial score (nSPS) is 10.8. The first kappa shape index (κ1) is 20.1. The number of hydrazine groups is 1. The Labute approximate surface area is 177 Å². The van der Waals surface area contributed by atoms with Gasteiger partial charge in [-0.15, -0.1) is 0 Å². The molecular formula is C23H20N4O4. The van der Waals surface area contributed by atoms with E-state index in [1.807, 2.05) is 6.07 Å². The minimum absolute atomic E-state index is 0.136. The van der Waals surface area contributed by atoms with Gasteiger partial charge in [-0.25, -0.2) is 4.98 Å². The number of Topliss-reactive ketones (excluding diaryl/α,β-unsaturated/α-hetero) is 1. The highest BCUT2D eigenvalue weighted by Crippen LogP contribution is 2.25. The summed E-state index contributed by atoms with van der Waals surface area (Å²) < 4.78 is 5.41. The molecule has 0 aliphatic heterocycles. The number of carbonyl (C=O) groups excluding carboxylic acids is 3. The molecule has 8 heteroatoms. The first-order valence-corrected chi connectivity index (χ1v) is 9.61. The Morgan fingerprint density at radius 1 is 1.00 bits per heavy atom. The average Bonchev–Trinajstić information content (AvgIpc) is 3.39. The van der Waals surface area contributed by atoms with Gasteiger partial charge in [-0.2, -0.15) is 0 Å². The molecule has 4 aromatic rings. The Kier molecular flexibility index (Phi) is 5.12. The number of rotatable bonds is 4. The summed E-state index contributed by atoms with van der Waals surface area (Å²) in [6, 6.07) is 12.3. The van der Waals surface area contributed by atoms with E-state index in [1.165, 1.54) is 13.2 Å². The summed E-state index contributed by atoms with van der Waals surface area (Å²) in [6.45, 7) is 4.85. The molecule has 2 amide bonds. The highest BCUT2D eigenvalue weighted by molar-refractivity contribution is 6.08. The Bertz CT molecular complexity index is 1320. The number of nitrogens with one attached hydrogen (secondary N) is 3. The second-order valence-electron chi connectivity index (χ2n) is 7.14. The first-order chi connectivity index (χ1) is 14.9. The molecule has 0 saturated carbocycles. The molecule has 0 spiro atoms. The number of hydrogen-bond acceptors (Lipinski definition) is 5. The van der Waals surface area contributed by atoms with Crippen molar-refractivity contribution < 1.29 is 18.8 Å². The predicted octanol–water partition coefficient (Wildman–Crippen LogP) is 3.72. The van der Waals surface area contributed by atoms with E-state index in [9.17, 15) is 14.4 Å². The van der Waals surface area contributed by atoms with E-state index in [1.54, 1.807) is 50.2 Å². The molecule has 4 rings (SSSR count). The predicted molar refractivity (Wildman–Crippen MR) is 115 cm³/mol. The van der Waals surface area contributed by atoms with Crippen molar-refractivity contribution in [3.05, 3.63) is 76.8 Å². The summed E-state index contributed by atoms with van der Waals surface area (Å²) in [5, 5.41) is 0.635. The van der Waals surface area contributed by atoms with Crippen LogP contribution in [0.2, 0.25) is 0 Å². The third kappa shape index (κ3) is 3.71. The van der Waals surface area contributed by atoms with Gasteiger partial charge in [0.1, 0.15) is 11.4 Å². The molecule has 3 heterocycles. The van der Waals surface area contributed by atoms with Gasteiger partial charge in [0.05, 0.1) is 17.3 Å². The molecule has 3 N–H and O–H groups in total. The van der Waals surface area contributed by atoms with Crippen molar-refractivity contribution in [3.8, 4) is 11.5 Å². The van der Waals surface area contributed by atoms with Crippen LogP contribution in [0.4, 0.5) is 0 Å². The van der Waals surface area contributed by atoms with Crippen molar-refractivity contribution in [2.24, 2.45) is 0 Å². The standard InChI is InChI=1S/C23H20N4O4/c1-12-20(14(3)28)13(2)24-21(12)23(30)27-26-22(29)16-11-18(19-9-6-10-31-19)25-17-8-5-4-7-15(16)17/h4-11,24H,1-3H3,(H,26,29)(H,27,30). The van der Waals surface area contributed by atoms with Crippen LogP contribution < -0.4 is 10.9 Å². The zero-order valence-corrected chi connectivity index (χ0v) is 17.2. The summed E-state index contributed by atoms with van der Waals surface area (Å²) in [5.41, 5.74) is 8.14. The lowest BCUT2D eigenvalue weighted by Crippen LogP contribution is -2.42. The van der Waals surface area contributed by atoms with Gasteiger partial charge in [0.15, 0.2) is 11.5 Å². The van der Waals surface area contributed by atoms with Crippen LogP contribution in [0.3, 0.4) is 0 Å². The number of aromatic nitrogens is 2. The Balaban J connectivity index is 1.61. The molecule has 0 atom stereocenters. The van der Waals surface area contributed by atoms with Gasteiger partial charge in [-0.05, 0) is 50.6 Å². The van der Waals surface area contributed by atoms with Gasteiger partial charge in [0, 0.05) is 16.6 Å². The lowest BCUT2D eigenvalue weighted by atomic mass is 10.1. The number of aromatic amines is 1. The van der Waals surface area contributed by atoms with Crippen LogP contribution in [0, 0.1) is 13.8 Å². The molecule has 0 bridgehead atoms. The Morgan fingerprint density at radius 2 is 1.74 bits per heavy atom. The number of para-hydroxylation sites is 1. The van der Waals surface area contributed by atoms with Crippen LogP contribution in [0.5, 0.6) is 0 Å². The minimum Gasteiger partial charge on any atom is -0.463 e. The third-order valence-corrected chi connectivity index (χ3v) is 5.04. The lowest BCUT2D eigenvalue weighted by molar-refractivity contribution is 0.0844. The quantitative estimate of drug-likeness (QED) is 0.346. The lowest BCUT2D eigenvalue weighted by Gasteiger charge is -2.10. The van der Waals surface area contributed by atoms with Crippen LogP contribution >= 0.6 is 0 Å². The summed E-state index contributed by atoms with van der Waals surface area (Å²) in [4.78, 5) is 44.8. The van der Waals surface area contributed by atoms with E-state index in [4.69, 9.17) is 4.42 Å². The number of nitrogens with zero attached hydrogens (tertiary/aromatic N) is 1. The number of fused-ring (bicyclic) bond motifs is 1. The molecule has 3 aromatic heterocycles. The van der Waals surface area contributed by atoms with E-state index in [0.717, 1.165) is 0 Å². The summed E-state index contributed by atoms with van der Waals surface area (Å²) >= 11 is 0. The van der Waals surface area contributed by atoms with Gasteiger partial charge >= 0.3 is 0 Å². The largest absolute Gasteiger partial charge is 0.463 e. The molecule has 0 unspecified atom stereocenters. The molecule has 0 saturated heterocycles. The first-order valence-electron chi connectivity index (χ1n) is 9.61. The monoisotopic (exact) mass is 416 g/mol. The van der Waals surface area contributed by atoms with Crippen LogP contribution in [-0.4, -0.2) is 27.6 Å². The number of H-pyrrole nitrogens is 1. The van der Waals surface area contributed by atoms with Crippen molar-refractivity contribution in [1.82, 2.24) is 20.8 Å². The molecule has 156 valence electrons. The number of ketones is 1. The van der Waals surface area contributed by atoms with Gasteiger partial charge in [-0.3, -0.25) is 25.2 Å². The molecule has 1 aromatic carbocycles. The van der Waals surface area contributed by atoms with Gasteiger partial charge < -0.3 is 9.40 Å².